The van der Waals surface area contributed by atoms with Gasteiger partial charge in [0.2, 0.25) is 0 Å². The first-order chi connectivity index (χ1) is 8.38. The first-order valence-electron chi connectivity index (χ1n) is 5.41. The zero-order valence-electron chi connectivity index (χ0n) is 9.44. The van der Waals surface area contributed by atoms with Gasteiger partial charge in [0, 0.05) is 20.4 Å². The van der Waals surface area contributed by atoms with Crippen LogP contribution in [0.2, 0.25) is 0 Å². The van der Waals surface area contributed by atoms with Crippen LogP contribution in [-0.2, 0) is 0 Å². The van der Waals surface area contributed by atoms with E-state index < -0.39 is 0 Å². The molecule has 0 atom stereocenters. The molecule has 1 radical (unpaired) electrons. The molecular weight excluding hydrogens is 244 g/mol. The van der Waals surface area contributed by atoms with Crippen LogP contribution in [0.15, 0.2) is 53.4 Å². The van der Waals surface area contributed by atoms with Crippen molar-refractivity contribution in [1.29, 1.82) is 0 Å². The quantitative estimate of drug-likeness (QED) is 0.575. The van der Waals surface area contributed by atoms with Crippen molar-refractivity contribution in [2.24, 2.45) is 0 Å². The molecule has 1 aromatic heterocycles. The van der Waals surface area contributed by atoms with Gasteiger partial charge >= 0.3 is 0 Å². The summed E-state index contributed by atoms with van der Waals surface area (Å²) in [7, 11) is 0. The Hall–Kier alpha value is -1.25. The summed E-state index contributed by atoms with van der Waals surface area (Å²) in [4.78, 5) is 1.30. The normalized spacial score (nSPS) is 10.9. The molecule has 2 heteroatoms. The minimum atomic E-state index is 1.28. The Balaban J connectivity index is 2.16. The molecule has 0 saturated heterocycles. The Morgan fingerprint density at radius 3 is 2.65 bits per heavy atom. The van der Waals surface area contributed by atoms with E-state index in [2.05, 4.69) is 60.2 Å². The maximum atomic E-state index is 3.21. The summed E-state index contributed by atoms with van der Waals surface area (Å²) in [6, 6.07) is 17.3. The fraction of sp³-hybridized carbons (Fsp3) is 0.0667. The Labute approximate surface area is 109 Å². The van der Waals surface area contributed by atoms with Gasteiger partial charge in [-0.15, -0.1) is 23.1 Å². The molecule has 3 aromatic rings. The number of benzene rings is 2. The highest BCUT2D eigenvalue weighted by Gasteiger charge is 2.04. The first-order valence-corrected chi connectivity index (χ1v) is 7.45. The van der Waals surface area contributed by atoms with E-state index in [4.69, 9.17) is 0 Å². The molecule has 0 amide bonds. The largest absolute Gasteiger partial charge is 0.134 e. The molecule has 0 bridgehead atoms. The summed E-state index contributed by atoms with van der Waals surface area (Å²) in [5.41, 5.74) is 2.58. The summed E-state index contributed by atoms with van der Waals surface area (Å²) in [5.74, 6) is 0. The zero-order chi connectivity index (χ0) is 11.7. The molecule has 83 valence electrons. The number of fused-ring (bicyclic) bond motifs is 1. The number of thiophene rings is 1. The highest BCUT2D eigenvalue weighted by atomic mass is 32.2. The van der Waals surface area contributed by atoms with Gasteiger partial charge in [0.15, 0.2) is 0 Å². The Morgan fingerprint density at radius 1 is 1.06 bits per heavy atom. The Morgan fingerprint density at radius 2 is 1.88 bits per heavy atom. The summed E-state index contributed by atoms with van der Waals surface area (Å²) in [6.07, 6.45) is 2.10. The lowest BCUT2D eigenvalue weighted by molar-refractivity contribution is 1.47. The van der Waals surface area contributed by atoms with Crippen molar-refractivity contribution in [2.45, 2.75) is 4.90 Å². The van der Waals surface area contributed by atoms with E-state index in [1.807, 2.05) is 0 Å². The monoisotopic (exact) mass is 255 g/mol. The molecule has 0 saturated carbocycles. The summed E-state index contributed by atoms with van der Waals surface area (Å²) in [5, 5.41) is 4.51. The van der Waals surface area contributed by atoms with Gasteiger partial charge in [-0.1, -0.05) is 24.3 Å². The average molecular weight is 255 g/mol. The number of hydrogen-bond acceptors (Lipinski definition) is 2. The van der Waals surface area contributed by atoms with E-state index in [1.54, 1.807) is 23.1 Å². The third-order valence-corrected chi connectivity index (χ3v) is 4.39. The fourth-order valence-electron chi connectivity index (χ4n) is 1.96. The number of rotatable bonds is 2. The van der Waals surface area contributed by atoms with Gasteiger partial charge in [0.25, 0.3) is 0 Å². The molecule has 1 heterocycles. The SMILES string of the molecule is CSc1ccc(-c2cccc3s[c]cc23)cc1. The standard InChI is InChI=1S/C15H11S2/c1-16-12-7-5-11(6-8-12)13-3-2-4-15-14(13)9-10-17-15/h2-9H,1H3. The smallest absolute Gasteiger partial charge is 0.0455 e. The van der Waals surface area contributed by atoms with Crippen LogP contribution in [0.5, 0.6) is 0 Å². The molecule has 0 aliphatic rings. The predicted octanol–water partition coefficient (Wildman–Crippen LogP) is 5.09. The van der Waals surface area contributed by atoms with Gasteiger partial charge in [0.05, 0.1) is 0 Å². The van der Waals surface area contributed by atoms with E-state index in [0.717, 1.165) is 0 Å². The highest BCUT2D eigenvalue weighted by molar-refractivity contribution is 7.98. The van der Waals surface area contributed by atoms with E-state index in [0.29, 0.717) is 0 Å². The summed E-state index contributed by atoms with van der Waals surface area (Å²) in [6.45, 7) is 0. The highest BCUT2D eigenvalue weighted by Crippen LogP contribution is 2.32. The van der Waals surface area contributed by atoms with Gasteiger partial charge < -0.3 is 0 Å². The van der Waals surface area contributed by atoms with Crippen molar-refractivity contribution >= 4 is 33.2 Å². The summed E-state index contributed by atoms with van der Waals surface area (Å²) < 4.78 is 1.30. The minimum Gasteiger partial charge on any atom is -0.134 e. The van der Waals surface area contributed by atoms with E-state index >= 15 is 0 Å². The number of hydrogen-bond donors (Lipinski definition) is 0. The lowest BCUT2D eigenvalue weighted by Crippen LogP contribution is -1.78. The van der Waals surface area contributed by atoms with Gasteiger partial charge in [-0.25, -0.2) is 0 Å². The third-order valence-electron chi connectivity index (χ3n) is 2.84. The lowest BCUT2D eigenvalue weighted by Gasteiger charge is -2.04. The van der Waals surface area contributed by atoms with Crippen molar-refractivity contribution in [1.82, 2.24) is 0 Å². The Bertz CT molecular complexity index is 635. The topological polar surface area (TPSA) is 0 Å². The maximum Gasteiger partial charge on any atom is 0.0455 e. The first kappa shape index (κ1) is 10.9. The van der Waals surface area contributed by atoms with Gasteiger partial charge in [0.1, 0.15) is 0 Å². The zero-order valence-corrected chi connectivity index (χ0v) is 11.1. The van der Waals surface area contributed by atoms with Crippen LogP contribution in [0.1, 0.15) is 0 Å². The molecule has 0 N–H and O–H groups in total. The van der Waals surface area contributed by atoms with E-state index in [-0.39, 0.29) is 0 Å². The molecule has 0 aliphatic heterocycles. The second kappa shape index (κ2) is 4.55. The molecular formula is C15H11S2. The van der Waals surface area contributed by atoms with Crippen molar-refractivity contribution in [3.63, 3.8) is 0 Å². The molecule has 17 heavy (non-hydrogen) atoms. The molecule has 0 unspecified atom stereocenters. The van der Waals surface area contributed by atoms with Crippen molar-refractivity contribution in [2.75, 3.05) is 6.26 Å². The van der Waals surface area contributed by atoms with Crippen LogP contribution < -0.4 is 0 Å². The maximum absolute atomic E-state index is 3.21. The predicted molar refractivity (Wildman–Crippen MR) is 77.9 cm³/mol. The van der Waals surface area contributed by atoms with Gasteiger partial charge in [-0.3, -0.25) is 0 Å². The molecule has 0 aliphatic carbocycles. The van der Waals surface area contributed by atoms with Crippen molar-refractivity contribution < 1.29 is 0 Å². The van der Waals surface area contributed by atoms with Crippen molar-refractivity contribution in [3.05, 3.63) is 53.9 Å². The van der Waals surface area contributed by atoms with Crippen LogP contribution in [0, 0.1) is 5.38 Å². The fourth-order valence-corrected chi connectivity index (χ4v) is 3.09. The van der Waals surface area contributed by atoms with Crippen molar-refractivity contribution in [3.8, 4) is 11.1 Å². The Kier molecular flexibility index (Phi) is 2.91. The second-order valence-corrected chi connectivity index (χ2v) is 5.57. The van der Waals surface area contributed by atoms with Gasteiger partial charge in [-0.05, 0) is 41.6 Å². The van der Waals surface area contributed by atoms with Crippen LogP contribution in [0.3, 0.4) is 0 Å². The second-order valence-electron chi connectivity index (χ2n) is 3.81. The van der Waals surface area contributed by atoms with Crippen LogP contribution in [0.4, 0.5) is 0 Å². The molecule has 2 aromatic carbocycles. The summed E-state index contributed by atoms with van der Waals surface area (Å²) >= 11 is 3.45. The van der Waals surface area contributed by atoms with Crippen LogP contribution >= 0.6 is 23.1 Å². The molecule has 0 spiro atoms. The van der Waals surface area contributed by atoms with Gasteiger partial charge in [-0.2, -0.15) is 0 Å². The molecule has 0 nitrogen and oxygen atoms in total. The average Bonchev–Trinajstić information content (AvgIpc) is 2.87. The minimum absolute atomic E-state index is 1.28. The number of thioether (sulfide) groups is 1. The van der Waals surface area contributed by atoms with Crippen LogP contribution in [0.25, 0.3) is 21.2 Å². The van der Waals surface area contributed by atoms with E-state index in [9.17, 15) is 0 Å². The third kappa shape index (κ3) is 1.99. The lowest BCUT2D eigenvalue weighted by atomic mass is 10.0. The van der Waals surface area contributed by atoms with Crippen LogP contribution in [-0.4, -0.2) is 6.26 Å². The van der Waals surface area contributed by atoms with E-state index in [1.165, 1.54) is 26.1 Å². The molecule has 3 rings (SSSR count). The molecule has 0 fully saturated rings.